The zero-order valence-corrected chi connectivity index (χ0v) is 50.1. The number of nitrogens with zero attached hydrogens (tertiary/aromatic N) is 7. The summed E-state index contributed by atoms with van der Waals surface area (Å²) < 4.78 is 0. The molecule has 1 radical (unpaired) electrons. The van der Waals surface area contributed by atoms with Crippen molar-refractivity contribution in [3.8, 4) is 0 Å². The first kappa shape index (κ1) is 64.1. The molecule has 0 saturated carbocycles. The van der Waals surface area contributed by atoms with Crippen molar-refractivity contribution in [1.29, 1.82) is 0 Å². The minimum atomic E-state index is -0.727. The van der Waals surface area contributed by atoms with Gasteiger partial charge in [-0.15, -0.1) is 10.3 Å². The Bertz CT molecular complexity index is 3140. The van der Waals surface area contributed by atoms with E-state index in [1.54, 1.807) is 6.92 Å². The van der Waals surface area contributed by atoms with Crippen LogP contribution in [0, 0.1) is 0 Å². The van der Waals surface area contributed by atoms with Crippen LogP contribution >= 0.6 is 0 Å². The number of rotatable bonds is 27. The number of amides is 7. The molecule has 1 heterocycles. The van der Waals surface area contributed by atoms with Crippen molar-refractivity contribution in [2.24, 2.45) is 5.73 Å². The van der Waals surface area contributed by atoms with E-state index in [4.69, 9.17) is 5.73 Å². The van der Waals surface area contributed by atoms with Crippen LogP contribution < -0.4 is 11.1 Å². The number of nitrogens with one attached hydrogen (secondary N) is 1. The molecule has 1 saturated heterocycles. The quantitative estimate of drug-likeness (QED) is 0.0509. The third kappa shape index (κ3) is 18.0. The highest BCUT2D eigenvalue weighted by atomic mass is 16.5. The summed E-state index contributed by atoms with van der Waals surface area (Å²) in [6, 6.07) is 53.1. The first-order valence-corrected chi connectivity index (χ1v) is 29.1. The standard InChI is InChI=1S/C68H82N9O8/c1-50(56-32-20-11-21-33-56)74(61(79)40-70-59-38-67(4,5)77(85)68(6,7)39-59)48-65(83)76(52(3)58-36-24-13-25-37-58)49-66(84)75(51(2)57-34-22-12-23-35-57)47-64(82)73(43-55-30-18-10-19-31-55)46-63(81)72(42-54-28-16-9-17-29-54)45-62(80)71(44-60(69)78)41-53-26-14-8-15-27-53/h8-37,50-52,59,70H,38-49H2,1-7H3,(H2,69,78)/t50-,51-,52-/m0/s1. The van der Waals surface area contributed by atoms with Crippen molar-refractivity contribution >= 4 is 41.4 Å². The second-order valence-corrected chi connectivity index (χ2v) is 23.4. The Hall–Kier alpha value is -8.51. The van der Waals surface area contributed by atoms with Crippen LogP contribution in [0.1, 0.15) is 113 Å². The van der Waals surface area contributed by atoms with Gasteiger partial charge in [0.15, 0.2) is 0 Å². The molecule has 3 N–H and O–H groups in total. The Morgan fingerprint density at radius 3 is 1.01 bits per heavy atom. The van der Waals surface area contributed by atoms with Crippen molar-refractivity contribution < 1.29 is 38.8 Å². The van der Waals surface area contributed by atoms with Gasteiger partial charge >= 0.3 is 0 Å². The first-order valence-electron chi connectivity index (χ1n) is 29.1. The number of primary amides is 1. The number of piperidine rings is 1. The highest BCUT2D eigenvalue weighted by molar-refractivity contribution is 5.93. The van der Waals surface area contributed by atoms with Crippen LogP contribution in [0.2, 0.25) is 0 Å². The van der Waals surface area contributed by atoms with Crippen LogP contribution in [-0.2, 0) is 58.4 Å². The number of hydroxylamine groups is 2. The fourth-order valence-electron chi connectivity index (χ4n) is 11.3. The Morgan fingerprint density at radius 1 is 0.424 bits per heavy atom. The fourth-order valence-corrected chi connectivity index (χ4v) is 11.3. The lowest BCUT2D eigenvalue weighted by Gasteiger charge is -2.50. The molecule has 0 spiro atoms. The Balaban J connectivity index is 1.20. The SMILES string of the molecule is C[C@@H](c1ccccc1)N(CC(=O)N(CC(=O)N(CC(=O)N(CC(N)=O)Cc1ccccc1)Cc1ccccc1)Cc1ccccc1)C(=O)CN(C(=O)CN(C(=O)CNC1CC(C)(C)N([O])C(C)(C)C1)[C@@H](C)c1ccccc1)[C@@H](C)c1ccccc1. The summed E-state index contributed by atoms with van der Waals surface area (Å²) in [4.78, 5) is 111. The molecule has 17 heteroatoms. The van der Waals surface area contributed by atoms with Gasteiger partial charge in [-0.2, -0.15) is 0 Å². The van der Waals surface area contributed by atoms with Gasteiger partial charge in [-0.05, 0) is 94.7 Å². The van der Waals surface area contributed by atoms with E-state index in [9.17, 15) is 24.4 Å². The van der Waals surface area contributed by atoms with E-state index in [2.05, 4.69) is 5.32 Å². The maximum atomic E-state index is 15.5. The van der Waals surface area contributed by atoms with Gasteiger partial charge in [0.2, 0.25) is 41.4 Å². The lowest BCUT2D eigenvalue weighted by molar-refractivity contribution is -0.290. The monoisotopic (exact) mass is 1150 g/mol. The molecule has 6 aromatic rings. The summed E-state index contributed by atoms with van der Waals surface area (Å²) in [6.45, 7) is 10.3. The van der Waals surface area contributed by atoms with Crippen LogP contribution in [0.25, 0.3) is 0 Å². The first-order chi connectivity index (χ1) is 40.6. The van der Waals surface area contributed by atoms with Crippen molar-refractivity contribution in [1.82, 2.24) is 39.8 Å². The van der Waals surface area contributed by atoms with Crippen LogP contribution in [0.15, 0.2) is 182 Å². The molecular formula is C68H82N9O8. The smallest absolute Gasteiger partial charge is 0.243 e. The van der Waals surface area contributed by atoms with E-state index >= 15 is 14.4 Å². The molecular weight excluding hydrogens is 1070 g/mol. The van der Waals surface area contributed by atoms with Crippen molar-refractivity contribution in [3.63, 3.8) is 0 Å². The summed E-state index contributed by atoms with van der Waals surface area (Å²) in [5, 5.41) is 17.8. The summed E-state index contributed by atoms with van der Waals surface area (Å²) in [5.74, 6) is -3.83. The second-order valence-electron chi connectivity index (χ2n) is 23.4. The number of carbonyl (C=O) groups excluding carboxylic acids is 7. The summed E-state index contributed by atoms with van der Waals surface area (Å²) in [6.07, 6.45) is 1.01. The van der Waals surface area contributed by atoms with Crippen LogP contribution in [0.4, 0.5) is 0 Å². The average Bonchev–Trinajstić information content (AvgIpc) is 3.70. The van der Waals surface area contributed by atoms with Gasteiger partial charge in [0.25, 0.3) is 0 Å². The maximum Gasteiger partial charge on any atom is 0.243 e. The number of hydrogen-bond acceptors (Lipinski definition) is 9. The zero-order valence-electron chi connectivity index (χ0n) is 50.1. The minimum absolute atomic E-state index is 0.00405. The summed E-state index contributed by atoms with van der Waals surface area (Å²) >= 11 is 0. The molecule has 447 valence electrons. The lowest BCUT2D eigenvalue weighted by atomic mass is 9.79. The second kappa shape index (κ2) is 29.8. The van der Waals surface area contributed by atoms with Gasteiger partial charge in [-0.25, -0.2) is 0 Å². The fraction of sp³-hybridized carbons (Fsp3) is 0.368. The van der Waals surface area contributed by atoms with Crippen LogP contribution in [-0.4, -0.2) is 139 Å². The lowest BCUT2D eigenvalue weighted by Crippen LogP contribution is -2.62. The summed E-state index contributed by atoms with van der Waals surface area (Å²) in [5.41, 5.74) is 8.70. The molecule has 1 aliphatic rings. The van der Waals surface area contributed by atoms with E-state index in [0.29, 0.717) is 24.0 Å². The van der Waals surface area contributed by atoms with Crippen molar-refractivity contribution in [3.05, 3.63) is 215 Å². The molecule has 1 fully saturated rings. The normalized spacial score (nSPS) is 14.9. The molecule has 7 rings (SSSR count). The zero-order chi connectivity index (χ0) is 61.3. The molecule has 0 aliphatic carbocycles. The van der Waals surface area contributed by atoms with Gasteiger partial charge < -0.3 is 40.4 Å². The van der Waals surface area contributed by atoms with Crippen molar-refractivity contribution in [2.45, 2.75) is 116 Å². The molecule has 6 aromatic carbocycles. The number of hydrogen-bond donors (Lipinski definition) is 2. The molecule has 0 unspecified atom stereocenters. The van der Waals surface area contributed by atoms with Crippen molar-refractivity contribution in [2.75, 3.05) is 45.8 Å². The van der Waals surface area contributed by atoms with Gasteiger partial charge in [-0.1, -0.05) is 182 Å². The predicted octanol–water partition coefficient (Wildman–Crippen LogP) is 8.28. The van der Waals surface area contributed by atoms with Gasteiger partial charge in [0, 0.05) is 36.8 Å². The van der Waals surface area contributed by atoms with E-state index in [1.807, 2.05) is 224 Å². The molecule has 3 atom stereocenters. The largest absolute Gasteiger partial charge is 0.368 e. The molecule has 7 amide bonds. The maximum absolute atomic E-state index is 15.5. The summed E-state index contributed by atoms with van der Waals surface area (Å²) in [7, 11) is 0. The third-order valence-corrected chi connectivity index (χ3v) is 16.0. The van der Waals surface area contributed by atoms with Crippen LogP contribution in [0.3, 0.4) is 0 Å². The van der Waals surface area contributed by atoms with Gasteiger partial charge in [0.1, 0.15) is 32.7 Å². The predicted molar refractivity (Wildman–Crippen MR) is 326 cm³/mol. The molecule has 0 bridgehead atoms. The number of carbonyl (C=O) groups is 7. The highest BCUT2D eigenvalue weighted by Gasteiger charge is 2.46. The van der Waals surface area contributed by atoms with Crippen LogP contribution in [0.5, 0.6) is 0 Å². The molecule has 85 heavy (non-hydrogen) atoms. The Labute approximate surface area is 500 Å². The number of nitrogens with two attached hydrogens (primary N) is 1. The van der Waals surface area contributed by atoms with Gasteiger partial charge in [0.05, 0.1) is 31.2 Å². The number of benzene rings is 6. The topological polar surface area (TPSA) is 200 Å². The average molecular weight is 1150 g/mol. The van der Waals surface area contributed by atoms with Gasteiger partial charge in [-0.3, -0.25) is 33.6 Å². The molecule has 1 aliphatic heterocycles. The highest BCUT2D eigenvalue weighted by Crippen LogP contribution is 2.37. The molecule has 0 aromatic heterocycles. The Kier molecular flexibility index (Phi) is 22.5. The van der Waals surface area contributed by atoms with E-state index < -0.39 is 97.4 Å². The minimum Gasteiger partial charge on any atom is -0.368 e. The van der Waals surface area contributed by atoms with E-state index in [-0.39, 0.29) is 44.7 Å². The Morgan fingerprint density at radius 2 is 0.694 bits per heavy atom. The third-order valence-electron chi connectivity index (χ3n) is 16.0. The molecule has 17 nitrogen and oxygen atoms in total. The van der Waals surface area contributed by atoms with E-state index in [0.717, 1.165) is 27.3 Å². The van der Waals surface area contributed by atoms with E-state index in [1.165, 1.54) is 29.4 Å².